The molecule has 2 N–H and O–H groups in total. The van der Waals surface area contributed by atoms with Crippen LogP contribution in [-0.2, 0) is 0 Å². The van der Waals surface area contributed by atoms with E-state index in [4.69, 9.17) is 0 Å². The van der Waals surface area contributed by atoms with E-state index >= 15 is 0 Å². The summed E-state index contributed by atoms with van der Waals surface area (Å²) in [5.41, 5.74) is 0.629. The molecule has 1 unspecified atom stereocenters. The lowest BCUT2D eigenvalue weighted by Crippen LogP contribution is -2.41. The Hall–Kier alpha value is -2.10. The molecule has 1 aromatic heterocycles. The number of benzene rings is 1. The number of nitrogens with zero attached hydrogens (tertiary/aromatic N) is 1. The first-order valence-corrected chi connectivity index (χ1v) is 7.21. The summed E-state index contributed by atoms with van der Waals surface area (Å²) in [6, 6.07) is 7.88. The minimum absolute atomic E-state index is 0.0177. The molecular weight excluding hydrogens is 262 g/mol. The van der Waals surface area contributed by atoms with Crippen LogP contribution in [0.3, 0.4) is 0 Å². The second-order valence-corrected chi connectivity index (χ2v) is 6.38. The maximum atomic E-state index is 12.5. The third kappa shape index (κ3) is 3.15. The first-order chi connectivity index (χ1) is 9.84. The molecule has 21 heavy (non-hydrogen) atoms. The van der Waals surface area contributed by atoms with Gasteiger partial charge in [0.15, 0.2) is 0 Å². The lowest BCUT2D eigenvalue weighted by Gasteiger charge is -2.28. The molecule has 1 aromatic carbocycles. The van der Waals surface area contributed by atoms with Crippen LogP contribution in [0.2, 0.25) is 0 Å². The van der Waals surface area contributed by atoms with Gasteiger partial charge in [-0.15, -0.1) is 0 Å². The van der Waals surface area contributed by atoms with Crippen LogP contribution in [0, 0.1) is 5.41 Å². The lowest BCUT2D eigenvalue weighted by molar-refractivity contribution is 0.0911. The lowest BCUT2D eigenvalue weighted by atomic mass is 9.88. The second-order valence-electron chi connectivity index (χ2n) is 6.38. The molecule has 1 atom stereocenters. The van der Waals surface area contributed by atoms with Gasteiger partial charge in [0.05, 0.1) is 5.56 Å². The topological polar surface area (TPSA) is 54.0 Å². The molecule has 0 bridgehead atoms. The van der Waals surface area contributed by atoms with E-state index < -0.39 is 0 Å². The molecule has 0 radical (unpaired) electrons. The number of nitrogens with one attached hydrogen (secondary N) is 2. The number of hydrogen-bond donors (Lipinski definition) is 2. The van der Waals surface area contributed by atoms with Gasteiger partial charge in [0.2, 0.25) is 0 Å². The zero-order valence-electron chi connectivity index (χ0n) is 13.3. The van der Waals surface area contributed by atoms with Crippen LogP contribution in [0.4, 0.5) is 5.82 Å². The molecule has 1 heterocycles. The predicted octanol–water partition coefficient (Wildman–Crippen LogP) is 3.44. The molecular formula is C17H23N3O. The van der Waals surface area contributed by atoms with E-state index in [1.54, 1.807) is 6.20 Å². The van der Waals surface area contributed by atoms with Crippen molar-refractivity contribution in [3.8, 4) is 0 Å². The average Bonchev–Trinajstić information content (AvgIpc) is 2.44. The Kier molecular flexibility index (Phi) is 4.16. The zero-order valence-corrected chi connectivity index (χ0v) is 13.3. The average molecular weight is 285 g/mol. The number of pyridine rings is 1. The molecule has 4 nitrogen and oxygen atoms in total. The maximum absolute atomic E-state index is 12.5. The molecule has 0 saturated heterocycles. The number of carbonyl (C=O) groups is 1. The van der Waals surface area contributed by atoms with Crippen LogP contribution < -0.4 is 10.6 Å². The summed E-state index contributed by atoms with van der Waals surface area (Å²) in [5.74, 6) is 0.704. The molecule has 0 fully saturated rings. The first-order valence-electron chi connectivity index (χ1n) is 7.21. The van der Waals surface area contributed by atoms with Crippen LogP contribution in [0.25, 0.3) is 10.8 Å². The smallest absolute Gasteiger partial charge is 0.253 e. The fourth-order valence-electron chi connectivity index (χ4n) is 2.06. The van der Waals surface area contributed by atoms with E-state index in [0.717, 1.165) is 16.6 Å². The maximum Gasteiger partial charge on any atom is 0.253 e. The summed E-state index contributed by atoms with van der Waals surface area (Å²) in [6.07, 6.45) is 1.64. The van der Waals surface area contributed by atoms with E-state index in [1.807, 2.05) is 38.2 Å². The Morgan fingerprint density at radius 1 is 1.19 bits per heavy atom. The third-order valence-electron chi connectivity index (χ3n) is 3.92. The van der Waals surface area contributed by atoms with Crippen LogP contribution in [0.15, 0.2) is 30.5 Å². The van der Waals surface area contributed by atoms with Crippen molar-refractivity contribution in [3.05, 3.63) is 36.0 Å². The van der Waals surface area contributed by atoms with Crippen molar-refractivity contribution >= 4 is 22.5 Å². The summed E-state index contributed by atoms with van der Waals surface area (Å²) in [5, 5.41) is 7.99. The van der Waals surface area contributed by atoms with E-state index in [-0.39, 0.29) is 17.4 Å². The zero-order chi connectivity index (χ0) is 15.6. The first kappa shape index (κ1) is 15.3. The highest BCUT2D eigenvalue weighted by molar-refractivity contribution is 6.09. The fraction of sp³-hybridized carbons (Fsp3) is 0.412. The van der Waals surface area contributed by atoms with Crippen molar-refractivity contribution in [2.24, 2.45) is 5.41 Å². The van der Waals surface area contributed by atoms with Gasteiger partial charge >= 0.3 is 0 Å². The SMILES string of the molecule is CNc1ncc(C(=O)NC(C)C(C)(C)C)c2ccccc12. The molecule has 0 saturated carbocycles. The number of amides is 1. The Labute approximate surface area is 126 Å². The van der Waals surface area contributed by atoms with E-state index in [2.05, 4.69) is 36.4 Å². The number of carbonyl (C=O) groups excluding carboxylic acids is 1. The normalized spacial score (nSPS) is 13.0. The molecule has 0 aliphatic heterocycles. The van der Waals surface area contributed by atoms with Gasteiger partial charge in [-0.3, -0.25) is 4.79 Å². The highest BCUT2D eigenvalue weighted by atomic mass is 16.1. The van der Waals surface area contributed by atoms with E-state index in [1.165, 1.54) is 0 Å². The molecule has 0 aliphatic rings. The third-order valence-corrected chi connectivity index (χ3v) is 3.92. The van der Waals surface area contributed by atoms with Crippen molar-refractivity contribution in [1.82, 2.24) is 10.3 Å². The van der Waals surface area contributed by atoms with Crippen molar-refractivity contribution in [2.45, 2.75) is 33.7 Å². The highest BCUT2D eigenvalue weighted by Gasteiger charge is 2.23. The molecule has 1 amide bonds. The standard InChI is InChI=1S/C17H23N3O/c1-11(17(2,3)4)20-16(21)14-10-19-15(18-5)13-9-7-6-8-12(13)14/h6-11H,1-5H3,(H,18,19)(H,20,21). The minimum atomic E-state index is -0.0798. The summed E-state index contributed by atoms with van der Waals surface area (Å²) >= 11 is 0. The van der Waals surface area contributed by atoms with Gasteiger partial charge in [-0.2, -0.15) is 0 Å². The predicted molar refractivity (Wildman–Crippen MR) is 87.7 cm³/mol. The van der Waals surface area contributed by atoms with E-state index in [0.29, 0.717) is 5.56 Å². The molecule has 2 aromatic rings. The van der Waals surface area contributed by atoms with Gasteiger partial charge in [-0.1, -0.05) is 45.0 Å². The van der Waals surface area contributed by atoms with Crippen LogP contribution >= 0.6 is 0 Å². The number of hydrogen-bond acceptors (Lipinski definition) is 3. The molecule has 4 heteroatoms. The van der Waals surface area contributed by atoms with Gasteiger partial charge in [0, 0.05) is 24.7 Å². The Bertz CT molecular complexity index is 659. The summed E-state index contributed by atoms with van der Waals surface area (Å²) in [6.45, 7) is 8.35. The number of rotatable bonds is 3. The Morgan fingerprint density at radius 3 is 2.38 bits per heavy atom. The van der Waals surface area contributed by atoms with Gasteiger partial charge in [-0.25, -0.2) is 4.98 Å². The van der Waals surface area contributed by atoms with Crippen molar-refractivity contribution in [1.29, 1.82) is 0 Å². The molecule has 2 rings (SSSR count). The van der Waals surface area contributed by atoms with E-state index in [9.17, 15) is 4.79 Å². The number of fused-ring (bicyclic) bond motifs is 1. The summed E-state index contributed by atoms with van der Waals surface area (Å²) < 4.78 is 0. The van der Waals surface area contributed by atoms with Gasteiger partial charge in [0.1, 0.15) is 5.82 Å². The quantitative estimate of drug-likeness (QED) is 0.908. The minimum Gasteiger partial charge on any atom is -0.373 e. The molecule has 0 spiro atoms. The van der Waals surface area contributed by atoms with Crippen LogP contribution in [0.5, 0.6) is 0 Å². The number of anilines is 1. The Balaban J connectivity index is 2.41. The number of aromatic nitrogens is 1. The van der Waals surface area contributed by atoms with Crippen molar-refractivity contribution in [3.63, 3.8) is 0 Å². The van der Waals surface area contributed by atoms with Gasteiger partial charge in [-0.05, 0) is 17.7 Å². The van der Waals surface area contributed by atoms with Crippen molar-refractivity contribution < 1.29 is 4.79 Å². The fourth-order valence-corrected chi connectivity index (χ4v) is 2.06. The highest BCUT2D eigenvalue weighted by Crippen LogP contribution is 2.25. The largest absolute Gasteiger partial charge is 0.373 e. The monoisotopic (exact) mass is 285 g/mol. The van der Waals surface area contributed by atoms with Crippen LogP contribution in [-0.4, -0.2) is 24.0 Å². The summed E-state index contributed by atoms with van der Waals surface area (Å²) in [7, 11) is 1.83. The van der Waals surface area contributed by atoms with Crippen molar-refractivity contribution in [2.75, 3.05) is 12.4 Å². The molecule has 0 aliphatic carbocycles. The summed E-state index contributed by atoms with van der Waals surface area (Å²) in [4.78, 5) is 16.9. The Morgan fingerprint density at radius 2 is 1.81 bits per heavy atom. The van der Waals surface area contributed by atoms with Gasteiger partial charge in [0.25, 0.3) is 5.91 Å². The molecule has 112 valence electrons. The second kappa shape index (κ2) is 5.72. The van der Waals surface area contributed by atoms with Gasteiger partial charge < -0.3 is 10.6 Å². The van der Waals surface area contributed by atoms with Crippen LogP contribution in [0.1, 0.15) is 38.1 Å².